The van der Waals surface area contributed by atoms with E-state index in [4.69, 9.17) is 9.47 Å². The van der Waals surface area contributed by atoms with Crippen molar-refractivity contribution in [3.63, 3.8) is 0 Å². The number of nitrogens with one attached hydrogen (secondary N) is 1. The van der Waals surface area contributed by atoms with Gasteiger partial charge in [-0.05, 0) is 18.8 Å². The number of hydrogen-bond acceptors (Lipinski definition) is 3. The number of methoxy groups -OCH3 is 1. The Hall–Kier alpha value is -0.120. The molecule has 0 saturated heterocycles. The van der Waals surface area contributed by atoms with Crippen LogP contribution >= 0.6 is 0 Å². The second-order valence-corrected chi connectivity index (χ2v) is 4.43. The van der Waals surface area contributed by atoms with Crippen molar-refractivity contribution < 1.29 is 9.47 Å². The highest BCUT2D eigenvalue weighted by Gasteiger charge is 2.19. The maximum Gasteiger partial charge on any atom is 0.0700 e. The van der Waals surface area contributed by atoms with E-state index in [0.29, 0.717) is 19.3 Å². The Morgan fingerprint density at radius 2 is 1.93 bits per heavy atom. The molecule has 2 atom stereocenters. The average Bonchev–Trinajstić information content (AvgIpc) is 2.25. The lowest BCUT2D eigenvalue weighted by Crippen LogP contribution is -2.39. The molecule has 1 saturated carbocycles. The lowest BCUT2D eigenvalue weighted by atomic mass is 9.86. The Morgan fingerprint density at radius 1 is 1.13 bits per heavy atom. The van der Waals surface area contributed by atoms with Crippen LogP contribution in [0.15, 0.2) is 0 Å². The van der Waals surface area contributed by atoms with E-state index in [0.717, 1.165) is 19.1 Å². The Morgan fingerprint density at radius 3 is 2.67 bits per heavy atom. The minimum atomic E-state index is 0.694. The van der Waals surface area contributed by atoms with Gasteiger partial charge in [0.15, 0.2) is 0 Å². The molecular weight excluding hydrogens is 190 g/mol. The van der Waals surface area contributed by atoms with Crippen LogP contribution in [0.25, 0.3) is 0 Å². The summed E-state index contributed by atoms with van der Waals surface area (Å²) >= 11 is 0. The lowest BCUT2D eigenvalue weighted by molar-refractivity contribution is 0.0696. The quantitative estimate of drug-likeness (QED) is 0.657. The Kier molecular flexibility index (Phi) is 6.98. The molecular formula is C12H25NO2. The SMILES string of the molecule is COCCOCCNC1CCCCC1C. The molecule has 0 bridgehead atoms. The minimum absolute atomic E-state index is 0.694. The summed E-state index contributed by atoms with van der Waals surface area (Å²) in [7, 11) is 1.70. The number of hydrogen-bond donors (Lipinski definition) is 1. The molecule has 3 heteroatoms. The summed E-state index contributed by atoms with van der Waals surface area (Å²) in [5.41, 5.74) is 0. The second kappa shape index (κ2) is 8.08. The predicted molar refractivity (Wildman–Crippen MR) is 62.1 cm³/mol. The third-order valence-electron chi connectivity index (χ3n) is 3.20. The zero-order valence-electron chi connectivity index (χ0n) is 10.1. The fourth-order valence-corrected chi connectivity index (χ4v) is 2.18. The molecule has 0 aromatic rings. The first-order valence-electron chi connectivity index (χ1n) is 6.14. The normalized spacial score (nSPS) is 26.8. The Labute approximate surface area is 93.5 Å². The highest BCUT2D eigenvalue weighted by atomic mass is 16.5. The minimum Gasteiger partial charge on any atom is -0.382 e. The fourth-order valence-electron chi connectivity index (χ4n) is 2.18. The van der Waals surface area contributed by atoms with Gasteiger partial charge in [0.2, 0.25) is 0 Å². The molecule has 1 aliphatic rings. The van der Waals surface area contributed by atoms with E-state index >= 15 is 0 Å². The summed E-state index contributed by atoms with van der Waals surface area (Å²) in [5.74, 6) is 0.831. The van der Waals surface area contributed by atoms with E-state index in [2.05, 4.69) is 12.2 Å². The molecule has 1 N–H and O–H groups in total. The van der Waals surface area contributed by atoms with Crippen LogP contribution in [0.2, 0.25) is 0 Å². The second-order valence-electron chi connectivity index (χ2n) is 4.43. The maximum absolute atomic E-state index is 5.41. The molecule has 1 rings (SSSR count). The molecule has 0 aromatic heterocycles. The van der Waals surface area contributed by atoms with Crippen LogP contribution in [-0.2, 0) is 9.47 Å². The molecule has 0 aliphatic heterocycles. The largest absolute Gasteiger partial charge is 0.382 e. The molecule has 3 nitrogen and oxygen atoms in total. The topological polar surface area (TPSA) is 30.5 Å². The van der Waals surface area contributed by atoms with E-state index < -0.39 is 0 Å². The summed E-state index contributed by atoms with van der Waals surface area (Å²) in [5, 5.41) is 3.58. The lowest BCUT2D eigenvalue weighted by Gasteiger charge is -2.29. The number of ether oxygens (including phenoxy) is 2. The van der Waals surface area contributed by atoms with Crippen molar-refractivity contribution in [1.29, 1.82) is 0 Å². The van der Waals surface area contributed by atoms with Crippen LogP contribution in [0.3, 0.4) is 0 Å². The number of rotatable bonds is 7. The third kappa shape index (κ3) is 5.50. The molecule has 90 valence electrons. The van der Waals surface area contributed by atoms with Crippen molar-refractivity contribution in [2.75, 3.05) is 33.5 Å². The van der Waals surface area contributed by atoms with Crippen molar-refractivity contribution in [2.45, 2.75) is 38.6 Å². The Bertz CT molecular complexity index is 153. The third-order valence-corrected chi connectivity index (χ3v) is 3.20. The van der Waals surface area contributed by atoms with E-state index in [1.165, 1.54) is 25.7 Å². The molecule has 1 fully saturated rings. The highest BCUT2D eigenvalue weighted by molar-refractivity contribution is 4.77. The van der Waals surface area contributed by atoms with Gasteiger partial charge in [0.05, 0.1) is 19.8 Å². The van der Waals surface area contributed by atoms with Gasteiger partial charge in [-0.1, -0.05) is 19.8 Å². The summed E-state index contributed by atoms with van der Waals surface area (Å²) in [6, 6.07) is 0.713. The predicted octanol–water partition coefficient (Wildman–Crippen LogP) is 1.82. The van der Waals surface area contributed by atoms with Gasteiger partial charge in [0.25, 0.3) is 0 Å². The molecule has 0 aromatic carbocycles. The van der Waals surface area contributed by atoms with Gasteiger partial charge in [-0.3, -0.25) is 0 Å². The van der Waals surface area contributed by atoms with Crippen LogP contribution in [0.1, 0.15) is 32.6 Å². The summed E-state index contributed by atoms with van der Waals surface area (Å²) in [4.78, 5) is 0. The van der Waals surface area contributed by atoms with Crippen molar-refractivity contribution >= 4 is 0 Å². The van der Waals surface area contributed by atoms with Gasteiger partial charge in [0, 0.05) is 19.7 Å². The smallest absolute Gasteiger partial charge is 0.0700 e. The molecule has 0 heterocycles. The fraction of sp³-hybridized carbons (Fsp3) is 1.00. The van der Waals surface area contributed by atoms with Crippen molar-refractivity contribution in [3.8, 4) is 0 Å². The van der Waals surface area contributed by atoms with Crippen LogP contribution in [-0.4, -0.2) is 39.5 Å². The van der Waals surface area contributed by atoms with Crippen LogP contribution in [0.5, 0.6) is 0 Å². The van der Waals surface area contributed by atoms with Gasteiger partial charge >= 0.3 is 0 Å². The Balaban J connectivity index is 1.94. The molecule has 0 amide bonds. The van der Waals surface area contributed by atoms with Gasteiger partial charge < -0.3 is 14.8 Å². The van der Waals surface area contributed by atoms with Crippen LogP contribution < -0.4 is 5.32 Å². The van der Waals surface area contributed by atoms with Gasteiger partial charge in [-0.15, -0.1) is 0 Å². The van der Waals surface area contributed by atoms with Gasteiger partial charge in [-0.2, -0.15) is 0 Å². The standard InChI is InChI=1S/C12H25NO2/c1-11-5-3-4-6-12(11)13-7-8-15-10-9-14-2/h11-13H,3-10H2,1-2H3. The maximum atomic E-state index is 5.41. The van der Waals surface area contributed by atoms with Crippen molar-refractivity contribution in [3.05, 3.63) is 0 Å². The molecule has 1 aliphatic carbocycles. The highest BCUT2D eigenvalue weighted by Crippen LogP contribution is 2.23. The molecule has 15 heavy (non-hydrogen) atoms. The summed E-state index contributed by atoms with van der Waals surface area (Å²) in [6.45, 7) is 5.52. The van der Waals surface area contributed by atoms with Crippen LogP contribution in [0, 0.1) is 5.92 Å². The molecule has 0 radical (unpaired) electrons. The monoisotopic (exact) mass is 215 g/mol. The first-order valence-corrected chi connectivity index (χ1v) is 6.14. The summed E-state index contributed by atoms with van der Waals surface area (Å²) < 4.78 is 10.3. The first kappa shape index (κ1) is 12.9. The van der Waals surface area contributed by atoms with Crippen LogP contribution in [0.4, 0.5) is 0 Å². The van der Waals surface area contributed by atoms with Gasteiger partial charge in [-0.25, -0.2) is 0 Å². The van der Waals surface area contributed by atoms with E-state index in [-0.39, 0.29) is 0 Å². The van der Waals surface area contributed by atoms with Crippen molar-refractivity contribution in [1.82, 2.24) is 5.32 Å². The zero-order valence-corrected chi connectivity index (χ0v) is 10.1. The van der Waals surface area contributed by atoms with Crippen molar-refractivity contribution in [2.24, 2.45) is 5.92 Å². The van der Waals surface area contributed by atoms with E-state index in [9.17, 15) is 0 Å². The first-order chi connectivity index (χ1) is 7.34. The van der Waals surface area contributed by atoms with E-state index in [1.54, 1.807) is 7.11 Å². The average molecular weight is 215 g/mol. The van der Waals surface area contributed by atoms with Gasteiger partial charge in [0.1, 0.15) is 0 Å². The zero-order chi connectivity index (χ0) is 10.9. The molecule has 2 unspecified atom stereocenters. The summed E-state index contributed by atoms with van der Waals surface area (Å²) in [6.07, 6.45) is 5.50. The molecule has 0 spiro atoms. The van der Waals surface area contributed by atoms with E-state index in [1.807, 2.05) is 0 Å².